The topological polar surface area (TPSA) is 74.8 Å². The number of para-hydroxylation sites is 1. The zero-order valence-electron chi connectivity index (χ0n) is 15.4. The first-order valence-corrected chi connectivity index (χ1v) is 11.0. The van der Waals surface area contributed by atoms with E-state index in [-0.39, 0.29) is 0 Å². The van der Waals surface area contributed by atoms with Crippen molar-refractivity contribution in [2.45, 2.75) is 0 Å². The quantitative estimate of drug-likeness (QED) is 0.472. The number of imidazole rings is 1. The van der Waals surface area contributed by atoms with Gasteiger partial charge in [0.1, 0.15) is 0 Å². The van der Waals surface area contributed by atoms with Crippen LogP contribution in [0.3, 0.4) is 0 Å². The lowest BCUT2D eigenvalue weighted by atomic mass is 10.0. The third-order valence-electron chi connectivity index (χ3n) is 4.17. The molecular weight excluding hydrogens is 406 g/mol. The molecular formula is C22H16ClN3O2S. The minimum absolute atomic E-state index is 0.519. The first-order chi connectivity index (χ1) is 13.9. The standard InChI is InChI=1S/C22H16ClN3O2S/c1-29(27,28)26-19-8-3-2-7-18(19)16-10-11-20-21(14-16)25-22(24-20)12-9-15-5-4-6-17(23)13-15/h2-8,10-11,13-14,26H,1H3,(H,24,25). The maximum atomic E-state index is 11.7. The van der Waals surface area contributed by atoms with Gasteiger partial charge in [0.25, 0.3) is 0 Å². The summed E-state index contributed by atoms with van der Waals surface area (Å²) in [5, 5.41) is 0.632. The average molecular weight is 422 g/mol. The van der Waals surface area contributed by atoms with Gasteiger partial charge in [0.15, 0.2) is 5.82 Å². The van der Waals surface area contributed by atoms with E-state index in [4.69, 9.17) is 11.6 Å². The number of rotatable bonds is 3. The minimum Gasteiger partial charge on any atom is -0.331 e. The van der Waals surface area contributed by atoms with Crippen molar-refractivity contribution in [3.05, 3.63) is 83.1 Å². The molecule has 4 rings (SSSR count). The van der Waals surface area contributed by atoms with Gasteiger partial charge in [-0.25, -0.2) is 13.4 Å². The SMILES string of the molecule is CS(=O)(=O)Nc1ccccc1-c1ccc2[nH]c(C#Cc3cccc(Cl)c3)nc2c1. The van der Waals surface area contributed by atoms with Crippen molar-refractivity contribution >= 4 is 38.3 Å². The highest BCUT2D eigenvalue weighted by atomic mass is 35.5. The summed E-state index contributed by atoms with van der Waals surface area (Å²) in [6, 6.07) is 20.3. The number of aromatic amines is 1. The second-order valence-electron chi connectivity index (χ2n) is 6.50. The van der Waals surface area contributed by atoms with Crippen LogP contribution in [0.1, 0.15) is 11.4 Å². The minimum atomic E-state index is -3.38. The van der Waals surface area contributed by atoms with Gasteiger partial charge in [-0.3, -0.25) is 4.72 Å². The zero-order chi connectivity index (χ0) is 20.4. The predicted octanol–water partition coefficient (Wildman–Crippen LogP) is 4.65. The van der Waals surface area contributed by atoms with E-state index in [9.17, 15) is 8.42 Å². The Morgan fingerprint density at radius 3 is 2.62 bits per heavy atom. The molecule has 0 aliphatic rings. The molecule has 4 aromatic rings. The van der Waals surface area contributed by atoms with Crippen LogP contribution < -0.4 is 4.72 Å². The first kappa shape index (κ1) is 19.1. The molecule has 5 nitrogen and oxygen atoms in total. The van der Waals surface area contributed by atoms with Crippen LogP contribution in [0, 0.1) is 11.8 Å². The van der Waals surface area contributed by atoms with Gasteiger partial charge in [0.2, 0.25) is 10.0 Å². The van der Waals surface area contributed by atoms with Gasteiger partial charge >= 0.3 is 0 Å². The molecule has 0 amide bonds. The van der Waals surface area contributed by atoms with Crippen molar-refractivity contribution in [3.63, 3.8) is 0 Å². The molecule has 1 aromatic heterocycles. The molecule has 0 aliphatic heterocycles. The Balaban J connectivity index is 1.70. The largest absolute Gasteiger partial charge is 0.331 e. The molecule has 3 aromatic carbocycles. The molecule has 0 unspecified atom stereocenters. The number of hydrogen-bond donors (Lipinski definition) is 2. The van der Waals surface area contributed by atoms with Crippen LogP contribution in [-0.4, -0.2) is 24.6 Å². The van der Waals surface area contributed by atoms with Crippen LogP contribution in [0.2, 0.25) is 5.02 Å². The Morgan fingerprint density at radius 1 is 1.00 bits per heavy atom. The first-order valence-electron chi connectivity index (χ1n) is 8.72. The number of anilines is 1. The molecule has 7 heteroatoms. The van der Waals surface area contributed by atoms with Crippen molar-refractivity contribution in [2.75, 3.05) is 11.0 Å². The molecule has 1 heterocycles. The zero-order valence-corrected chi connectivity index (χ0v) is 17.0. The Labute approximate surface area is 173 Å². The average Bonchev–Trinajstić information content (AvgIpc) is 3.08. The van der Waals surface area contributed by atoms with Gasteiger partial charge in [0, 0.05) is 16.1 Å². The van der Waals surface area contributed by atoms with Crippen molar-refractivity contribution in [2.24, 2.45) is 0 Å². The summed E-state index contributed by atoms with van der Waals surface area (Å²) in [6.45, 7) is 0. The van der Waals surface area contributed by atoms with Crippen molar-refractivity contribution in [1.82, 2.24) is 9.97 Å². The Morgan fingerprint density at radius 2 is 1.83 bits per heavy atom. The van der Waals surface area contributed by atoms with Crippen LogP contribution in [-0.2, 0) is 10.0 Å². The highest BCUT2D eigenvalue weighted by molar-refractivity contribution is 7.92. The van der Waals surface area contributed by atoms with Gasteiger partial charge in [0.05, 0.1) is 23.0 Å². The molecule has 0 bridgehead atoms. The normalized spacial score (nSPS) is 11.1. The monoisotopic (exact) mass is 421 g/mol. The highest BCUT2D eigenvalue weighted by Crippen LogP contribution is 2.30. The molecule has 29 heavy (non-hydrogen) atoms. The molecule has 0 radical (unpaired) electrons. The van der Waals surface area contributed by atoms with Crippen molar-refractivity contribution in [1.29, 1.82) is 0 Å². The van der Waals surface area contributed by atoms with Gasteiger partial charge in [-0.15, -0.1) is 0 Å². The number of H-pyrrole nitrogens is 1. The van der Waals surface area contributed by atoms with E-state index >= 15 is 0 Å². The van der Waals surface area contributed by atoms with Gasteiger partial charge in [-0.1, -0.05) is 47.9 Å². The number of halogens is 1. The smallest absolute Gasteiger partial charge is 0.229 e. The molecule has 0 fully saturated rings. The molecule has 2 N–H and O–H groups in total. The molecule has 0 saturated carbocycles. The fourth-order valence-corrected chi connectivity index (χ4v) is 3.72. The van der Waals surface area contributed by atoms with Crippen molar-refractivity contribution in [3.8, 4) is 23.0 Å². The van der Waals surface area contributed by atoms with E-state index in [0.29, 0.717) is 16.5 Å². The Kier molecular flexibility index (Phi) is 5.01. The number of fused-ring (bicyclic) bond motifs is 1. The van der Waals surface area contributed by atoms with E-state index in [0.717, 1.165) is 34.0 Å². The maximum absolute atomic E-state index is 11.7. The van der Waals surface area contributed by atoms with E-state index in [1.165, 1.54) is 0 Å². The number of nitrogens with one attached hydrogen (secondary N) is 2. The van der Waals surface area contributed by atoms with Gasteiger partial charge < -0.3 is 4.98 Å². The predicted molar refractivity (Wildman–Crippen MR) is 117 cm³/mol. The number of benzene rings is 3. The van der Waals surface area contributed by atoms with E-state index in [1.54, 1.807) is 24.3 Å². The third-order valence-corrected chi connectivity index (χ3v) is 4.99. The van der Waals surface area contributed by atoms with Crippen LogP contribution in [0.5, 0.6) is 0 Å². The van der Waals surface area contributed by atoms with Gasteiger partial charge in [-0.2, -0.15) is 0 Å². The molecule has 144 valence electrons. The molecule has 0 atom stereocenters. The van der Waals surface area contributed by atoms with Crippen LogP contribution in [0.15, 0.2) is 66.7 Å². The fraction of sp³-hybridized carbons (Fsp3) is 0.0455. The van der Waals surface area contributed by atoms with Gasteiger partial charge in [-0.05, 0) is 47.9 Å². The molecule has 0 spiro atoms. The summed E-state index contributed by atoms with van der Waals surface area (Å²) in [5.74, 6) is 6.59. The summed E-state index contributed by atoms with van der Waals surface area (Å²) in [4.78, 5) is 7.72. The third kappa shape index (κ3) is 4.60. The number of sulfonamides is 1. The van der Waals surface area contributed by atoms with Crippen LogP contribution in [0.25, 0.3) is 22.2 Å². The van der Waals surface area contributed by atoms with Crippen molar-refractivity contribution < 1.29 is 8.42 Å². The fourth-order valence-electron chi connectivity index (χ4n) is 2.95. The lowest BCUT2D eigenvalue weighted by molar-refractivity contribution is 0.607. The van der Waals surface area contributed by atoms with Crippen LogP contribution >= 0.6 is 11.6 Å². The number of hydrogen-bond acceptors (Lipinski definition) is 3. The summed E-state index contributed by atoms with van der Waals surface area (Å²) < 4.78 is 25.9. The second-order valence-corrected chi connectivity index (χ2v) is 8.68. The summed E-state index contributed by atoms with van der Waals surface area (Å²) >= 11 is 5.99. The summed E-state index contributed by atoms with van der Waals surface area (Å²) in [6.07, 6.45) is 1.13. The molecule has 0 aliphatic carbocycles. The molecule has 0 saturated heterocycles. The number of nitrogens with zero attached hydrogens (tertiary/aromatic N) is 1. The maximum Gasteiger partial charge on any atom is 0.229 e. The Bertz CT molecular complexity index is 1380. The number of aromatic nitrogens is 2. The summed E-state index contributed by atoms with van der Waals surface area (Å²) in [5.41, 5.74) is 4.54. The van der Waals surface area contributed by atoms with Crippen LogP contribution in [0.4, 0.5) is 5.69 Å². The Hall–Kier alpha value is -3.27. The van der Waals surface area contributed by atoms with E-state index in [1.807, 2.05) is 42.5 Å². The highest BCUT2D eigenvalue weighted by Gasteiger charge is 2.10. The summed E-state index contributed by atoms with van der Waals surface area (Å²) in [7, 11) is -3.38. The van der Waals surface area contributed by atoms with E-state index < -0.39 is 10.0 Å². The lowest BCUT2D eigenvalue weighted by Gasteiger charge is -2.10. The van der Waals surface area contributed by atoms with E-state index in [2.05, 4.69) is 26.5 Å². The second kappa shape index (κ2) is 7.63. The lowest BCUT2D eigenvalue weighted by Crippen LogP contribution is -2.10.